The molecule has 3 heterocycles. The van der Waals surface area contributed by atoms with Crippen LogP contribution in [0.25, 0.3) is 0 Å². The molecular formula is C16H19N5O2. The smallest absolute Gasteiger partial charge is 0.321 e. The highest BCUT2D eigenvalue weighted by Gasteiger charge is 2.35. The summed E-state index contributed by atoms with van der Waals surface area (Å²) in [7, 11) is 0. The predicted molar refractivity (Wildman–Crippen MR) is 84.0 cm³/mol. The molecule has 0 unspecified atom stereocenters. The van der Waals surface area contributed by atoms with Crippen molar-refractivity contribution in [2.45, 2.75) is 25.0 Å². The Morgan fingerprint density at radius 2 is 2.09 bits per heavy atom. The molecule has 1 aromatic carbocycles. The minimum atomic E-state index is -0.0702. The monoisotopic (exact) mass is 313 g/mol. The molecule has 23 heavy (non-hydrogen) atoms. The summed E-state index contributed by atoms with van der Waals surface area (Å²) in [5, 5.41) is 11.1. The highest BCUT2D eigenvalue weighted by Crippen LogP contribution is 2.31. The largest absolute Gasteiger partial charge is 0.370 e. The van der Waals surface area contributed by atoms with Crippen molar-refractivity contribution in [2.75, 3.05) is 25.0 Å². The molecule has 2 fully saturated rings. The Balaban J connectivity index is 1.36. The summed E-state index contributed by atoms with van der Waals surface area (Å²) >= 11 is 0. The number of urea groups is 1. The fourth-order valence-corrected chi connectivity index (χ4v) is 3.07. The number of benzene rings is 1. The maximum atomic E-state index is 12.2. The van der Waals surface area contributed by atoms with Crippen LogP contribution in [-0.4, -0.2) is 45.4 Å². The number of aromatic nitrogens is 3. The molecule has 2 saturated heterocycles. The molecule has 2 aromatic rings. The summed E-state index contributed by atoms with van der Waals surface area (Å²) in [5.41, 5.74) is 0.810. The SMILES string of the molecule is O=C(Nc1ccccc1)N1CC(n2cnnc2[C@@H]2CCCO2)C1. The fraction of sp³-hybridized carbons (Fsp3) is 0.438. The van der Waals surface area contributed by atoms with E-state index in [1.165, 1.54) is 0 Å². The molecule has 0 spiro atoms. The molecule has 1 atom stereocenters. The first kappa shape index (κ1) is 14.2. The Morgan fingerprint density at radius 1 is 1.26 bits per heavy atom. The zero-order chi connectivity index (χ0) is 15.6. The maximum absolute atomic E-state index is 12.2. The van der Waals surface area contributed by atoms with Gasteiger partial charge in [0.25, 0.3) is 0 Å². The normalized spacial score (nSPS) is 21.2. The van der Waals surface area contributed by atoms with E-state index in [1.807, 2.05) is 30.3 Å². The van der Waals surface area contributed by atoms with E-state index in [9.17, 15) is 4.79 Å². The molecule has 1 aromatic heterocycles. The third kappa shape index (κ3) is 2.79. The molecule has 2 amide bonds. The number of para-hydroxylation sites is 1. The van der Waals surface area contributed by atoms with Crippen LogP contribution in [-0.2, 0) is 4.74 Å². The lowest BCUT2D eigenvalue weighted by Crippen LogP contribution is -2.52. The third-order valence-electron chi connectivity index (χ3n) is 4.39. The van der Waals surface area contributed by atoms with Gasteiger partial charge < -0.3 is 19.5 Å². The van der Waals surface area contributed by atoms with Gasteiger partial charge in [-0.3, -0.25) is 0 Å². The number of likely N-dealkylation sites (tertiary alicyclic amines) is 1. The zero-order valence-corrected chi connectivity index (χ0v) is 12.8. The van der Waals surface area contributed by atoms with Crippen LogP contribution < -0.4 is 5.32 Å². The zero-order valence-electron chi connectivity index (χ0n) is 12.8. The number of amides is 2. The minimum Gasteiger partial charge on any atom is -0.370 e. The highest BCUT2D eigenvalue weighted by atomic mass is 16.5. The summed E-state index contributed by atoms with van der Waals surface area (Å²) in [5.74, 6) is 0.885. The van der Waals surface area contributed by atoms with Crippen LogP contribution >= 0.6 is 0 Å². The van der Waals surface area contributed by atoms with Gasteiger partial charge in [0.05, 0.1) is 6.04 Å². The van der Waals surface area contributed by atoms with Crippen molar-refractivity contribution in [1.82, 2.24) is 19.7 Å². The fourth-order valence-electron chi connectivity index (χ4n) is 3.07. The molecule has 7 heteroatoms. The number of hydrogen-bond acceptors (Lipinski definition) is 4. The average molecular weight is 313 g/mol. The quantitative estimate of drug-likeness (QED) is 0.943. The van der Waals surface area contributed by atoms with Crippen molar-refractivity contribution in [3.8, 4) is 0 Å². The Hall–Kier alpha value is -2.41. The first-order valence-electron chi connectivity index (χ1n) is 7.93. The van der Waals surface area contributed by atoms with Crippen molar-refractivity contribution < 1.29 is 9.53 Å². The van der Waals surface area contributed by atoms with Gasteiger partial charge in [0.2, 0.25) is 0 Å². The van der Waals surface area contributed by atoms with Crippen LogP contribution in [0.4, 0.5) is 10.5 Å². The molecule has 0 radical (unpaired) electrons. The van der Waals surface area contributed by atoms with Gasteiger partial charge in [-0.05, 0) is 25.0 Å². The molecular weight excluding hydrogens is 294 g/mol. The number of carbonyl (C=O) groups excluding carboxylic acids is 1. The first-order valence-corrected chi connectivity index (χ1v) is 7.93. The molecule has 2 aliphatic heterocycles. The highest BCUT2D eigenvalue weighted by molar-refractivity contribution is 5.89. The summed E-state index contributed by atoms with van der Waals surface area (Å²) < 4.78 is 7.75. The summed E-state index contributed by atoms with van der Waals surface area (Å²) in [4.78, 5) is 14.0. The Bertz CT molecular complexity index is 675. The standard InChI is InChI=1S/C16H19N5O2/c22-16(18-12-5-2-1-3-6-12)20-9-13(10-20)21-11-17-19-15(21)14-7-4-8-23-14/h1-3,5-6,11,13-14H,4,7-10H2,(H,18,22)/t14-/m0/s1. The van der Waals surface area contributed by atoms with Crippen LogP contribution in [0.2, 0.25) is 0 Å². The van der Waals surface area contributed by atoms with E-state index in [4.69, 9.17) is 4.74 Å². The van der Waals surface area contributed by atoms with E-state index < -0.39 is 0 Å². The summed E-state index contributed by atoms with van der Waals surface area (Å²) in [6, 6.07) is 9.65. The summed E-state index contributed by atoms with van der Waals surface area (Å²) in [6.07, 6.45) is 3.84. The van der Waals surface area contributed by atoms with Crippen LogP contribution in [0.5, 0.6) is 0 Å². The second-order valence-electron chi connectivity index (χ2n) is 5.95. The molecule has 4 rings (SSSR count). The van der Waals surface area contributed by atoms with E-state index in [1.54, 1.807) is 11.2 Å². The Labute approximate surface area is 134 Å². The second-order valence-corrected chi connectivity index (χ2v) is 5.95. The Morgan fingerprint density at radius 3 is 2.83 bits per heavy atom. The van der Waals surface area contributed by atoms with Crippen molar-refractivity contribution in [3.63, 3.8) is 0 Å². The van der Waals surface area contributed by atoms with Gasteiger partial charge in [0.1, 0.15) is 12.4 Å². The van der Waals surface area contributed by atoms with Crippen LogP contribution in [0.1, 0.15) is 30.8 Å². The van der Waals surface area contributed by atoms with Gasteiger partial charge in [-0.25, -0.2) is 4.79 Å². The summed E-state index contributed by atoms with van der Waals surface area (Å²) in [6.45, 7) is 2.11. The molecule has 2 aliphatic rings. The van der Waals surface area contributed by atoms with Crippen molar-refractivity contribution in [1.29, 1.82) is 0 Å². The Kier molecular flexibility index (Phi) is 3.70. The van der Waals surface area contributed by atoms with E-state index in [0.717, 1.165) is 31.0 Å². The number of rotatable bonds is 3. The van der Waals surface area contributed by atoms with E-state index in [2.05, 4.69) is 20.1 Å². The lowest BCUT2D eigenvalue weighted by molar-refractivity contribution is 0.0888. The van der Waals surface area contributed by atoms with Crippen molar-refractivity contribution in [3.05, 3.63) is 42.5 Å². The lowest BCUT2D eigenvalue weighted by atomic mass is 10.1. The van der Waals surface area contributed by atoms with E-state index in [-0.39, 0.29) is 18.2 Å². The topological polar surface area (TPSA) is 72.3 Å². The minimum absolute atomic E-state index is 0.0460. The van der Waals surface area contributed by atoms with Gasteiger partial charge >= 0.3 is 6.03 Å². The number of ether oxygens (including phenoxy) is 1. The number of nitrogens with one attached hydrogen (secondary N) is 1. The number of carbonyl (C=O) groups is 1. The van der Waals surface area contributed by atoms with Gasteiger partial charge in [0, 0.05) is 25.4 Å². The van der Waals surface area contributed by atoms with E-state index in [0.29, 0.717) is 13.1 Å². The molecule has 0 saturated carbocycles. The number of hydrogen-bond donors (Lipinski definition) is 1. The van der Waals surface area contributed by atoms with Crippen molar-refractivity contribution >= 4 is 11.7 Å². The lowest BCUT2D eigenvalue weighted by Gasteiger charge is -2.40. The van der Waals surface area contributed by atoms with E-state index >= 15 is 0 Å². The van der Waals surface area contributed by atoms with Gasteiger partial charge in [-0.2, -0.15) is 0 Å². The number of anilines is 1. The van der Waals surface area contributed by atoms with Crippen LogP contribution in [0.15, 0.2) is 36.7 Å². The van der Waals surface area contributed by atoms with Crippen LogP contribution in [0, 0.1) is 0 Å². The molecule has 0 bridgehead atoms. The van der Waals surface area contributed by atoms with Gasteiger partial charge in [0.15, 0.2) is 5.82 Å². The molecule has 1 N–H and O–H groups in total. The second kappa shape index (κ2) is 6.00. The molecule has 0 aliphatic carbocycles. The predicted octanol–water partition coefficient (Wildman–Crippen LogP) is 2.22. The third-order valence-corrected chi connectivity index (χ3v) is 4.39. The maximum Gasteiger partial charge on any atom is 0.321 e. The van der Waals surface area contributed by atoms with Gasteiger partial charge in [-0.15, -0.1) is 10.2 Å². The molecule has 120 valence electrons. The van der Waals surface area contributed by atoms with Gasteiger partial charge in [-0.1, -0.05) is 18.2 Å². The molecule has 7 nitrogen and oxygen atoms in total. The van der Waals surface area contributed by atoms with Crippen LogP contribution in [0.3, 0.4) is 0 Å². The number of nitrogens with zero attached hydrogens (tertiary/aromatic N) is 4. The van der Waals surface area contributed by atoms with Crippen molar-refractivity contribution in [2.24, 2.45) is 0 Å². The average Bonchev–Trinajstić information content (AvgIpc) is 3.17. The first-order chi connectivity index (χ1) is 11.3.